The van der Waals surface area contributed by atoms with Crippen molar-refractivity contribution < 1.29 is 14.0 Å². The van der Waals surface area contributed by atoms with Crippen LogP contribution in [-0.4, -0.2) is 35.0 Å². The second kappa shape index (κ2) is 8.26. The van der Waals surface area contributed by atoms with Crippen LogP contribution in [0.25, 0.3) is 0 Å². The van der Waals surface area contributed by atoms with Gasteiger partial charge in [-0.2, -0.15) is 0 Å². The van der Waals surface area contributed by atoms with Crippen molar-refractivity contribution in [2.45, 2.75) is 0 Å². The van der Waals surface area contributed by atoms with Crippen molar-refractivity contribution in [2.75, 3.05) is 18.4 Å². The van der Waals surface area contributed by atoms with Crippen LogP contribution in [0, 0.1) is 5.82 Å². The third kappa shape index (κ3) is 4.42. The van der Waals surface area contributed by atoms with Crippen molar-refractivity contribution in [3.8, 4) is 0 Å². The molecule has 7 heteroatoms. The van der Waals surface area contributed by atoms with E-state index in [9.17, 15) is 14.0 Å². The molecule has 0 saturated carbocycles. The van der Waals surface area contributed by atoms with Crippen LogP contribution >= 0.6 is 11.8 Å². The van der Waals surface area contributed by atoms with Gasteiger partial charge in [0.25, 0.3) is 5.91 Å². The van der Waals surface area contributed by atoms with Gasteiger partial charge in [0.15, 0.2) is 5.17 Å². The zero-order valence-electron chi connectivity index (χ0n) is 12.9. The molecular formula is C17H16FN3O2S. The summed E-state index contributed by atoms with van der Waals surface area (Å²) in [5.41, 5.74) is 0.442. The maximum absolute atomic E-state index is 12.9. The molecule has 2 rings (SSSR count). The highest BCUT2D eigenvalue weighted by atomic mass is 32.2. The predicted molar refractivity (Wildman–Crippen MR) is 95.1 cm³/mol. The summed E-state index contributed by atoms with van der Waals surface area (Å²) in [5.74, 6) is -1.17. The topological polar surface area (TPSA) is 61.8 Å². The number of rotatable bonds is 6. The van der Waals surface area contributed by atoms with Gasteiger partial charge in [0.2, 0.25) is 5.91 Å². The van der Waals surface area contributed by atoms with Crippen LogP contribution in [0.5, 0.6) is 0 Å². The summed E-state index contributed by atoms with van der Waals surface area (Å²) in [7, 11) is 0. The number of carbonyl (C=O) groups excluding carboxylic acids is 2. The van der Waals surface area contributed by atoms with Gasteiger partial charge in [0.05, 0.1) is 11.4 Å². The average Bonchev–Trinajstić information content (AvgIpc) is 2.84. The largest absolute Gasteiger partial charge is 0.322 e. The number of thioether (sulfide) groups is 1. The smallest absolute Gasteiger partial charge is 0.267 e. The number of halogens is 1. The van der Waals surface area contributed by atoms with Crippen LogP contribution < -0.4 is 5.32 Å². The number of amidine groups is 1. The molecule has 0 aliphatic carbocycles. The molecule has 1 aliphatic heterocycles. The molecule has 0 radical (unpaired) electrons. The predicted octanol–water partition coefficient (Wildman–Crippen LogP) is 2.95. The van der Waals surface area contributed by atoms with E-state index in [1.54, 1.807) is 12.2 Å². The molecule has 2 amide bonds. The van der Waals surface area contributed by atoms with Crippen molar-refractivity contribution in [1.29, 1.82) is 0 Å². The van der Waals surface area contributed by atoms with E-state index in [0.717, 1.165) is 11.8 Å². The van der Waals surface area contributed by atoms with E-state index in [-0.39, 0.29) is 10.8 Å². The monoisotopic (exact) mass is 345 g/mol. The van der Waals surface area contributed by atoms with Gasteiger partial charge in [-0.05, 0) is 36.0 Å². The Morgan fingerprint density at radius 2 is 2.00 bits per heavy atom. The fraction of sp³-hybridized carbons (Fsp3) is 0.118. The molecule has 0 unspecified atom stereocenters. The van der Waals surface area contributed by atoms with E-state index in [1.807, 2.05) is 0 Å². The first-order chi connectivity index (χ1) is 11.5. The number of carbonyl (C=O) groups is 2. The number of hydrogen-bond acceptors (Lipinski definition) is 4. The molecule has 0 aromatic heterocycles. The van der Waals surface area contributed by atoms with Gasteiger partial charge in [0, 0.05) is 18.3 Å². The number of anilines is 1. The summed E-state index contributed by atoms with van der Waals surface area (Å²) in [6.45, 7) is 7.88. The maximum atomic E-state index is 12.9. The number of benzene rings is 1. The lowest BCUT2D eigenvalue weighted by Crippen LogP contribution is -2.29. The van der Waals surface area contributed by atoms with Crippen LogP contribution in [0.2, 0.25) is 0 Å². The molecular weight excluding hydrogens is 329 g/mol. The van der Waals surface area contributed by atoms with E-state index >= 15 is 0 Å². The Hall–Kier alpha value is -2.67. The molecule has 0 bridgehead atoms. The Labute approximate surface area is 143 Å². The lowest BCUT2D eigenvalue weighted by molar-refractivity contribution is -0.122. The summed E-state index contributed by atoms with van der Waals surface area (Å²) in [4.78, 5) is 30.4. The van der Waals surface area contributed by atoms with Crippen LogP contribution in [0.15, 0.2) is 65.5 Å². The molecule has 1 N–H and O–H groups in total. The fourth-order valence-electron chi connectivity index (χ4n) is 1.89. The van der Waals surface area contributed by atoms with Gasteiger partial charge >= 0.3 is 0 Å². The van der Waals surface area contributed by atoms with Crippen LogP contribution in [0.4, 0.5) is 10.1 Å². The highest BCUT2D eigenvalue weighted by Gasteiger charge is 2.32. The van der Waals surface area contributed by atoms with Crippen molar-refractivity contribution in [3.63, 3.8) is 0 Å². The molecule has 1 aromatic carbocycles. The molecule has 24 heavy (non-hydrogen) atoms. The zero-order chi connectivity index (χ0) is 17.5. The zero-order valence-corrected chi connectivity index (χ0v) is 13.7. The SMILES string of the molecule is C=CCN=C1S/C(=C/C(=O)Nc2ccc(F)cc2)C(=O)N1CC=C. The Bertz CT molecular complexity index is 726. The maximum Gasteiger partial charge on any atom is 0.267 e. The first kappa shape index (κ1) is 17.7. The Kier molecular flexibility index (Phi) is 6.08. The minimum absolute atomic E-state index is 0.263. The molecule has 1 fully saturated rings. The Morgan fingerprint density at radius 1 is 1.29 bits per heavy atom. The Balaban J connectivity index is 2.14. The molecule has 0 spiro atoms. The van der Waals surface area contributed by atoms with Crippen LogP contribution in [0.3, 0.4) is 0 Å². The van der Waals surface area contributed by atoms with Gasteiger partial charge in [-0.3, -0.25) is 19.5 Å². The van der Waals surface area contributed by atoms with Crippen molar-refractivity contribution in [1.82, 2.24) is 4.90 Å². The number of aliphatic imine (C=N–C) groups is 1. The fourth-order valence-corrected chi connectivity index (χ4v) is 2.86. The highest BCUT2D eigenvalue weighted by molar-refractivity contribution is 8.18. The number of nitrogens with zero attached hydrogens (tertiary/aromatic N) is 2. The van der Waals surface area contributed by atoms with E-state index in [4.69, 9.17) is 0 Å². The molecule has 1 saturated heterocycles. The van der Waals surface area contributed by atoms with Crippen molar-refractivity contribution >= 4 is 34.4 Å². The van der Waals surface area contributed by atoms with Crippen molar-refractivity contribution in [3.05, 3.63) is 66.4 Å². The van der Waals surface area contributed by atoms with Gasteiger partial charge < -0.3 is 5.32 Å². The second-order valence-electron chi connectivity index (χ2n) is 4.72. The van der Waals surface area contributed by atoms with Gasteiger partial charge in [0.1, 0.15) is 5.82 Å². The molecule has 0 atom stereocenters. The first-order valence-corrected chi connectivity index (χ1v) is 7.91. The van der Waals surface area contributed by atoms with E-state index in [2.05, 4.69) is 23.5 Å². The molecule has 1 heterocycles. The van der Waals surface area contributed by atoms with Gasteiger partial charge in [-0.1, -0.05) is 12.2 Å². The van der Waals surface area contributed by atoms with Crippen LogP contribution in [-0.2, 0) is 9.59 Å². The standard InChI is InChI=1S/C17H16FN3O2S/c1-3-9-19-17-21(10-4-2)16(23)14(24-17)11-15(22)20-13-7-5-12(18)6-8-13/h3-8,11H,1-2,9-10H2,(H,20,22)/b14-11+,19-17?. The second-order valence-corrected chi connectivity index (χ2v) is 5.73. The first-order valence-electron chi connectivity index (χ1n) is 7.09. The third-order valence-corrected chi connectivity index (χ3v) is 3.97. The van der Waals surface area contributed by atoms with Gasteiger partial charge in [-0.15, -0.1) is 13.2 Å². The van der Waals surface area contributed by atoms with E-state index in [1.165, 1.54) is 35.2 Å². The summed E-state index contributed by atoms with van der Waals surface area (Å²) in [5, 5.41) is 3.08. The summed E-state index contributed by atoms with van der Waals surface area (Å²) in [6.07, 6.45) is 4.42. The van der Waals surface area contributed by atoms with Gasteiger partial charge in [-0.25, -0.2) is 4.39 Å². The van der Waals surface area contributed by atoms with Crippen LogP contribution in [0.1, 0.15) is 0 Å². The molecule has 1 aromatic rings. The summed E-state index contributed by atoms with van der Waals surface area (Å²) in [6, 6.07) is 5.36. The summed E-state index contributed by atoms with van der Waals surface area (Å²) < 4.78 is 12.9. The number of hydrogen-bond donors (Lipinski definition) is 1. The lowest BCUT2D eigenvalue weighted by atomic mass is 10.3. The number of amides is 2. The number of nitrogens with one attached hydrogen (secondary N) is 1. The van der Waals surface area contributed by atoms with Crippen molar-refractivity contribution in [2.24, 2.45) is 4.99 Å². The third-order valence-electron chi connectivity index (χ3n) is 2.93. The van der Waals surface area contributed by atoms with E-state index < -0.39 is 11.7 Å². The highest BCUT2D eigenvalue weighted by Crippen LogP contribution is 2.30. The normalized spacial score (nSPS) is 17.4. The molecule has 124 valence electrons. The van der Waals surface area contributed by atoms with E-state index in [0.29, 0.717) is 23.9 Å². The minimum Gasteiger partial charge on any atom is -0.322 e. The molecule has 1 aliphatic rings. The quantitative estimate of drug-likeness (QED) is 0.637. The summed E-state index contributed by atoms with van der Waals surface area (Å²) >= 11 is 1.12. The lowest BCUT2D eigenvalue weighted by Gasteiger charge is -2.12. The Morgan fingerprint density at radius 3 is 2.62 bits per heavy atom. The minimum atomic E-state index is -0.471. The average molecular weight is 345 g/mol. The molecule has 5 nitrogen and oxygen atoms in total.